The van der Waals surface area contributed by atoms with Crippen molar-refractivity contribution in [2.24, 2.45) is 11.5 Å². The molecule has 0 spiro atoms. The van der Waals surface area contributed by atoms with Gasteiger partial charge < -0.3 is 31.7 Å². The van der Waals surface area contributed by atoms with Gasteiger partial charge in [0.25, 0.3) is 0 Å². The molecule has 1 unspecified atom stereocenters. The molecule has 1 aliphatic heterocycles. The van der Waals surface area contributed by atoms with Crippen LogP contribution in [0.15, 0.2) is 0 Å². The monoisotopic (exact) mass is 219 g/mol. The first-order chi connectivity index (χ1) is 6.93. The molecule has 1 saturated heterocycles. The molecular weight excluding hydrogens is 202 g/mol. The molecule has 0 aliphatic carbocycles. The third-order valence-corrected chi connectivity index (χ3v) is 2.32. The zero-order chi connectivity index (χ0) is 11.6. The van der Waals surface area contributed by atoms with Crippen LogP contribution in [-0.2, 0) is 9.53 Å². The Morgan fingerprint density at radius 1 is 1.60 bits per heavy atom. The van der Waals surface area contributed by atoms with Crippen molar-refractivity contribution in [2.75, 3.05) is 6.61 Å². The van der Waals surface area contributed by atoms with Crippen LogP contribution in [0.3, 0.4) is 0 Å². The summed E-state index contributed by atoms with van der Waals surface area (Å²) in [7, 11) is 0. The summed E-state index contributed by atoms with van der Waals surface area (Å²) in [6.07, 6.45) is -2.25. The van der Waals surface area contributed by atoms with E-state index in [2.05, 4.69) is 5.32 Å². The average molecular weight is 219 g/mol. The fourth-order valence-corrected chi connectivity index (χ4v) is 1.29. The van der Waals surface area contributed by atoms with Gasteiger partial charge in [0.2, 0.25) is 5.91 Å². The minimum atomic E-state index is -1.21. The first-order valence-corrected chi connectivity index (χ1v) is 4.72. The van der Waals surface area contributed by atoms with Crippen molar-refractivity contribution >= 4 is 5.91 Å². The normalized spacial score (nSPS) is 38.5. The van der Waals surface area contributed by atoms with Gasteiger partial charge in [0.1, 0.15) is 0 Å². The second kappa shape index (κ2) is 4.86. The molecule has 88 valence electrons. The van der Waals surface area contributed by atoms with Crippen molar-refractivity contribution in [1.82, 2.24) is 5.32 Å². The smallest absolute Gasteiger partial charge is 0.237 e. The number of aliphatic hydroxyl groups excluding tert-OH is 2. The third-order valence-electron chi connectivity index (χ3n) is 2.32. The molecule has 0 saturated carbocycles. The molecule has 7 heteroatoms. The summed E-state index contributed by atoms with van der Waals surface area (Å²) in [4.78, 5) is 11.2. The van der Waals surface area contributed by atoms with Crippen LogP contribution >= 0.6 is 0 Å². The highest BCUT2D eigenvalue weighted by Gasteiger charge is 2.37. The zero-order valence-corrected chi connectivity index (χ0v) is 8.46. The van der Waals surface area contributed by atoms with Crippen molar-refractivity contribution in [3.05, 3.63) is 0 Å². The van der Waals surface area contributed by atoms with Crippen LogP contribution in [0.25, 0.3) is 0 Å². The quantitative estimate of drug-likeness (QED) is 0.333. The molecule has 1 fully saturated rings. The molecule has 1 aliphatic rings. The van der Waals surface area contributed by atoms with E-state index in [0.717, 1.165) is 0 Å². The van der Waals surface area contributed by atoms with E-state index in [1.165, 1.54) is 6.92 Å². The summed E-state index contributed by atoms with van der Waals surface area (Å²) in [6, 6.07) is -2.24. The standard InChI is InChI=1S/C8H17N3O4/c1-3(9)7(13)11-4-2-15-8(14)5(10)6(4)12/h3-6,8,12,14H,2,9-10H2,1H3,(H,11,13)/t3-,4+,5-,6+,8?/m1/s1. The van der Waals surface area contributed by atoms with E-state index in [9.17, 15) is 9.90 Å². The molecule has 0 aromatic carbocycles. The second-order valence-corrected chi connectivity index (χ2v) is 3.70. The van der Waals surface area contributed by atoms with Crippen molar-refractivity contribution in [3.8, 4) is 0 Å². The number of rotatable bonds is 2. The Morgan fingerprint density at radius 3 is 2.73 bits per heavy atom. The molecule has 0 bridgehead atoms. The molecule has 1 heterocycles. The number of nitrogens with one attached hydrogen (secondary N) is 1. The summed E-state index contributed by atoms with van der Waals surface area (Å²) >= 11 is 0. The van der Waals surface area contributed by atoms with Crippen LogP contribution in [0.2, 0.25) is 0 Å². The predicted molar refractivity (Wildman–Crippen MR) is 51.5 cm³/mol. The number of hydrogen-bond acceptors (Lipinski definition) is 6. The highest BCUT2D eigenvalue weighted by Crippen LogP contribution is 2.11. The van der Waals surface area contributed by atoms with E-state index in [-0.39, 0.29) is 6.61 Å². The van der Waals surface area contributed by atoms with Gasteiger partial charge in [-0.3, -0.25) is 4.79 Å². The van der Waals surface area contributed by atoms with Crippen LogP contribution in [0.1, 0.15) is 6.92 Å². The summed E-state index contributed by atoms with van der Waals surface area (Å²) in [5, 5.41) is 21.3. The lowest BCUT2D eigenvalue weighted by Gasteiger charge is -2.36. The SMILES string of the molecule is C[C@@H](N)C(=O)N[C@H]1COC(O)[C@H](N)[C@H]1O. The van der Waals surface area contributed by atoms with Crippen molar-refractivity contribution in [3.63, 3.8) is 0 Å². The molecule has 7 nitrogen and oxygen atoms in total. The lowest BCUT2D eigenvalue weighted by molar-refractivity contribution is -0.178. The maximum atomic E-state index is 11.2. The largest absolute Gasteiger partial charge is 0.389 e. The van der Waals surface area contributed by atoms with Crippen molar-refractivity contribution in [1.29, 1.82) is 0 Å². The Balaban J connectivity index is 2.53. The van der Waals surface area contributed by atoms with Gasteiger partial charge >= 0.3 is 0 Å². The highest BCUT2D eigenvalue weighted by atomic mass is 16.6. The topological polar surface area (TPSA) is 131 Å². The number of ether oxygens (including phenoxy) is 1. The van der Waals surface area contributed by atoms with Gasteiger partial charge in [0, 0.05) is 0 Å². The highest BCUT2D eigenvalue weighted by molar-refractivity contribution is 5.81. The number of aliphatic hydroxyl groups is 2. The Morgan fingerprint density at radius 2 is 2.20 bits per heavy atom. The molecule has 0 aromatic rings. The number of carbonyl (C=O) groups excluding carboxylic acids is 1. The fourth-order valence-electron chi connectivity index (χ4n) is 1.29. The molecule has 15 heavy (non-hydrogen) atoms. The molecule has 1 amide bonds. The van der Waals surface area contributed by atoms with E-state index in [4.69, 9.17) is 21.3 Å². The Labute approximate surface area is 87.4 Å². The summed E-state index contributed by atoms with van der Waals surface area (Å²) < 4.78 is 4.87. The molecule has 0 aromatic heterocycles. The Hall–Kier alpha value is -0.730. The third kappa shape index (κ3) is 2.86. The first kappa shape index (κ1) is 12.3. The average Bonchev–Trinajstić information content (AvgIpc) is 2.18. The van der Waals surface area contributed by atoms with Gasteiger partial charge in [-0.15, -0.1) is 0 Å². The minimum Gasteiger partial charge on any atom is -0.389 e. The summed E-state index contributed by atoms with van der Waals surface area (Å²) in [6.45, 7) is 1.54. The zero-order valence-electron chi connectivity index (χ0n) is 8.46. The predicted octanol–water partition coefficient (Wildman–Crippen LogP) is -3.14. The van der Waals surface area contributed by atoms with Crippen LogP contribution in [0, 0.1) is 0 Å². The van der Waals surface area contributed by atoms with Crippen LogP contribution in [0.4, 0.5) is 0 Å². The maximum absolute atomic E-state index is 11.2. The first-order valence-electron chi connectivity index (χ1n) is 4.72. The molecule has 7 N–H and O–H groups in total. The molecule has 5 atom stereocenters. The molecule has 1 rings (SSSR count). The van der Waals surface area contributed by atoms with Crippen LogP contribution < -0.4 is 16.8 Å². The summed E-state index contributed by atoms with van der Waals surface area (Å²) in [5.74, 6) is -0.397. The van der Waals surface area contributed by atoms with Gasteiger partial charge in [-0.1, -0.05) is 0 Å². The lowest BCUT2D eigenvalue weighted by atomic mass is 10.0. The van der Waals surface area contributed by atoms with Gasteiger partial charge in [0.15, 0.2) is 6.29 Å². The Bertz CT molecular complexity index is 236. The van der Waals surface area contributed by atoms with E-state index in [1.54, 1.807) is 0 Å². The van der Waals surface area contributed by atoms with Gasteiger partial charge in [-0.05, 0) is 6.92 Å². The number of hydrogen-bond donors (Lipinski definition) is 5. The summed E-state index contributed by atoms with van der Waals surface area (Å²) in [5.41, 5.74) is 10.8. The fraction of sp³-hybridized carbons (Fsp3) is 0.875. The van der Waals surface area contributed by atoms with Crippen LogP contribution in [-0.4, -0.2) is 53.2 Å². The van der Waals surface area contributed by atoms with Crippen molar-refractivity contribution < 1.29 is 19.7 Å². The van der Waals surface area contributed by atoms with Gasteiger partial charge in [-0.2, -0.15) is 0 Å². The van der Waals surface area contributed by atoms with Crippen LogP contribution in [0.5, 0.6) is 0 Å². The van der Waals surface area contributed by atoms with E-state index >= 15 is 0 Å². The van der Waals surface area contributed by atoms with Gasteiger partial charge in [-0.25, -0.2) is 0 Å². The van der Waals surface area contributed by atoms with E-state index < -0.39 is 36.4 Å². The number of amides is 1. The molecule has 0 radical (unpaired) electrons. The molecular formula is C8H17N3O4. The second-order valence-electron chi connectivity index (χ2n) is 3.70. The van der Waals surface area contributed by atoms with E-state index in [0.29, 0.717) is 0 Å². The van der Waals surface area contributed by atoms with E-state index in [1.807, 2.05) is 0 Å². The minimum absolute atomic E-state index is 0.00843. The van der Waals surface area contributed by atoms with Gasteiger partial charge in [0.05, 0.1) is 30.8 Å². The number of nitrogens with two attached hydrogens (primary N) is 2. The maximum Gasteiger partial charge on any atom is 0.237 e. The Kier molecular flexibility index (Phi) is 4.00. The lowest BCUT2D eigenvalue weighted by Crippen LogP contribution is -2.63. The number of carbonyl (C=O) groups is 1. The van der Waals surface area contributed by atoms with Crippen molar-refractivity contribution in [2.45, 2.75) is 37.4 Å².